The Morgan fingerprint density at radius 3 is 2.59 bits per heavy atom. The molecule has 0 bridgehead atoms. The van der Waals surface area contributed by atoms with Crippen molar-refractivity contribution in [2.75, 3.05) is 13.2 Å². The van der Waals surface area contributed by atoms with E-state index in [0.29, 0.717) is 0 Å². The highest BCUT2D eigenvalue weighted by atomic mass is 19.4. The van der Waals surface area contributed by atoms with Crippen molar-refractivity contribution >= 4 is 22.8 Å². The first-order chi connectivity index (χ1) is 15.1. The highest BCUT2D eigenvalue weighted by molar-refractivity contribution is 6.04. The largest absolute Gasteiger partial charge is 0.506 e. The van der Waals surface area contributed by atoms with Gasteiger partial charge < -0.3 is 20.3 Å². The van der Waals surface area contributed by atoms with E-state index in [0.717, 1.165) is 16.7 Å². The number of hydrogen-bond acceptors (Lipinski definition) is 5. The number of halogens is 3. The van der Waals surface area contributed by atoms with E-state index in [1.165, 1.54) is 30.3 Å². The van der Waals surface area contributed by atoms with Gasteiger partial charge in [0.05, 0.1) is 17.1 Å². The molecule has 0 aliphatic carbocycles. The van der Waals surface area contributed by atoms with Gasteiger partial charge in [0, 0.05) is 5.39 Å². The van der Waals surface area contributed by atoms with Crippen molar-refractivity contribution in [3.05, 3.63) is 69.5 Å². The Morgan fingerprint density at radius 1 is 1.19 bits per heavy atom. The van der Waals surface area contributed by atoms with E-state index in [1.807, 2.05) is 5.32 Å². The van der Waals surface area contributed by atoms with Gasteiger partial charge in [-0.25, -0.2) is 0 Å². The third kappa shape index (κ3) is 3.51. The molecular formula is C21H15F3N2O6. The molecule has 32 heavy (non-hydrogen) atoms. The summed E-state index contributed by atoms with van der Waals surface area (Å²) in [5, 5.41) is 21.5. The van der Waals surface area contributed by atoms with Crippen molar-refractivity contribution in [1.82, 2.24) is 9.88 Å². The summed E-state index contributed by atoms with van der Waals surface area (Å²) in [6.07, 6.45) is -4.61. The molecule has 3 N–H and O–H groups in total. The Morgan fingerprint density at radius 2 is 1.91 bits per heavy atom. The van der Waals surface area contributed by atoms with Crippen LogP contribution in [-0.4, -0.2) is 39.8 Å². The van der Waals surface area contributed by atoms with Crippen molar-refractivity contribution in [1.29, 1.82) is 0 Å². The Labute approximate surface area is 177 Å². The fourth-order valence-electron chi connectivity index (χ4n) is 3.69. The zero-order valence-electron chi connectivity index (χ0n) is 16.1. The van der Waals surface area contributed by atoms with Crippen LogP contribution in [0, 0.1) is 0 Å². The van der Waals surface area contributed by atoms with Crippen molar-refractivity contribution in [3.8, 4) is 11.5 Å². The van der Waals surface area contributed by atoms with Crippen LogP contribution in [0.5, 0.6) is 11.5 Å². The number of aliphatic carboxylic acids is 1. The number of nitrogens with zero attached hydrogens (tertiary/aromatic N) is 1. The molecule has 0 saturated carbocycles. The van der Waals surface area contributed by atoms with E-state index in [9.17, 15) is 32.7 Å². The predicted molar refractivity (Wildman–Crippen MR) is 105 cm³/mol. The summed E-state index contributed by atoms with van der Waals surface area (Å²) < 4.78 is 46.4. The van der Waals surface area contributed by atoms with Crippen LogP contribution in [0.3, 0.4) is 0 Å². The second-order valence-corrected chi connectivity index (χ2v) is 7.08. The van der Waals surface area contributed by atoms with Crippen LogP contribution in [0.4, 0.5) is 13.2 Å². The molecule has 1 atom stereocenters. The molecule has 0 fully saturated rings. The molecule has 0 spiro atoms. The van der Waals surface area contributed by atoms with Gasteiger partial charge >= 0.3 is 12.1 Å². The zero-order valence-corrected chi connectivity index (χ0v) is 16.1. The summed E-state index contributed by atoms with van der Waals surface area (Å²) in [5.74, 6) is -2.97. The van der Waals surface area contributed by atoms with Crippen LogP contribution in [0.15, 0.2) is 47.3 Å². The number of alkyl halides is 3. The number of nitrogens with one attached hydrogen (secondary N) is 1. The molecule has 1 aromatic heterocycles. The molecule has 8 nitrogen and oxygen atoms in total. The van der Waals surface area contributed by atoms with Gasteiger partial charge in [0.2, 0.25) is 0 Å². The molecule has 3 aromatic rings. The number of aromatic nitrogens is 1. The minimum atomic E-state index is -4.61. The first-order valence-corrected chi connectivity index (χ1v) is 9.29. The number of pyridine rings is 1. The van der Waals surface area contributed by atoms with Crippen molar-refractivity contribution < 1.29 is 37.7 Å². The van der Waals surface area contributed by atoms with E-state index in [2.05, 4.69) is 0 Å². The molecule has 1 amide bonds. The standard InChI is InChI=1S/C21H15F3N2O6/c22-21(23,24)11-4-1-3-10(7-11)13-9-32-14-6-2-5-12-17(14)26(13)20(31)16(18(12)29)19(30)25-8-15(27)28/h1-7,13,29H,8-9H2,(H,25,30)(H,27,28). The van der Waals surface area contributed by atoms with Gasteiger partial charge in [0.1, 0.15) is 30.2 Å². The number of rotatable bonds is 4. The molecule has 1 aliphatic heterocycles. The number of carboxylic acids is 1. The molecule has 0 radical (unpaired) electrons. The molecule has 166 valence electrons. The maximum Gasteiger partial charge on any atom is 0.416 e. The molecule has 1 unspecified atom stereocenters. The maximum absolute atomic E-state index is 13.3. The fourth-order valence-corrected chi connectivity index (χ4v) is 3.69. The van der Waals surface area contributed by atoms with Crippen LogP contribution >= 0.6 is 0 Å². The summed E-state index contributed by atoms with van der Waals surface area (Å²) in [5.41, 5.74) is -2.40. The smallest absolute Gasteiger partial charge is 0.416 e. The number of aromatic hydroxyl groups is 1. The molecule has 1 aliphatic rings. The quantitative estimate of drug-likeness (QED) is 0.565. The lowest BCUT2D eigenvalue weighted by molar-refractivity contribution is -0.138. The number of benzene rings is 2. The molecule has 2 aromatic carbocycles. The van der Waals surface area contributed by atoms with Crippen molar-refractivity contribution in [2.24, 2.45) is 0 Å². The van der Waals surface area contributed by atoms with Crippen LogP contribution in [0.25, 0.3) is 10.9 Å². The minimum Gasteiger partial charge on any atom is -0.506 e. The van der Waals surface area contributed by atoms with Gasteiger partial charge in [-0.15, -0.1) is 0 Å². The number of hydrogen-bond donors (Lipinski definition) is 3. The summed E-state index contributed by atoms with van der Waals surface area (Å²) in [6.45, 7) is -0.996. The number of amides is 1. The van der Waals surface area contributed by atoms with E-state index in [-0.39, 0.29) is 28.8 Å². The molecule has 11 heteroatoms. The second-order valence-electron chi connectivity index (χ2n) is 7.08. The number of carbonyl (C=O) groups excluding carboxylic acids is 1. The van der Waals surface area contributed by atoms with Gasteiger partial charge in [0.25, 0.3) is 11.5 Å². The summed E-state index contributed by atoms with van der Waals surface area (Å²) in [6, 6.07) is 7.77. The van der Waals surface area contributed by atoms with E-state index in [4.69, 9.17) is 9.84 Å². The zero-order chi connectivity index (χ0) is 23.2. The van der Waals surface area contributed by atoms with Crippen LogP contribution in [0.1, 0.15) is 27.5 Å². The van der Waals surface area contributed by atoms with Gasteiger partial charge in [-0.1, -0.05) is 18.2 Å². The van der Waals surface area contributed by atoms with E-state index < -0.39 is 53.1 Å². The third-order valence-corrected chi connectivity index (χ3v) is 5.10. The van der Waals surface area contributed by atoms with Crippen LogP contribution in [0.2, 0.25) is 0 Å². The Kier molecular flexibility index (Phi) is 5.03. The maximum atomic E-state index is 13.3. The summed E-state index contributed by atoms with van der Waals surface area (Å²) in [4.78, 5) is 36.6. The highest BCUT2D eigenvalue weighted by Crippen LogP contribution is 2.39. The first-order valence-electron chi connectivity index (χ1n) is 9.29. The summed E-state index contributed by atoms with van der Waals surface area (Å²) in [7, 11) is 0. The molecule has 2 heterocycles. The lowest BCUT2D eigenvalue weighted by Crippen LogP contribution is -2.39. The minimum absolute atomic E-state index is 0.0549. The number of carboxylic acid groups (broad SMARTS) is 1. The van der Waals surface area contributed by atoms with Gasteiger partial charge in [-0.2, -0.15) is 13.2 Å². The number of carbonyl (C=O) groups is 2. The Balaban J connectivity index is 1.96. The van der Waals surface area contributed by atoms with Crippen LogP contribution in [-0.2, 0) is 11.0 Å². The van der Waals surface area contributed by atoms with Gasteiger partial charge in [0.15, 0.2) is 0 Å². The van der Waals surface area contributed by atoms with Crippen molar-refractivity contribution in [2.45, 2.75) is 12.2 Å². The van der Waals surface area contributed by atoms with E-state index >= 15 is 0 Å². The molecule has 0 saturated heterocycles. The predicted octanol–water partition coefficient (Wildman–Crippen LogP) is 2.52. The monoisotopic (exact) mass is 448 g/mol. The lowest BCUT2D eigenvalue weighted by atomic mass is 10.00. The van der Waals surface area contributed by atoms with Gasteiger partial charge in [-0.3, -0.25) is 19.0 Å². The highest BCUT2D eigenvalue weighted by Gasteiger charge is 2.34. The summed E-state index contributed by atoms with van der Waals surface area (Å²) >= 11 is 0. The lowest BCUT2D eigenvalue weighted by Gasteiger charge is -2.30. The van der Waals surface area contributed by atoms with E-state index in [1.54, 1.807) is 0 Å². The average Bonchev–Trinajstić information content (AvgIpc) is 2.75. The fraction of sp³-hybridized carbons (Fsp3) is 0.190. The Bertz CT molecular complexity index is 1320. The SMILES string of the molecule is O=C(O)CNC(=O)c1c(O)c2cccc3c2n(c1=O)C(c1cccc(C(F)(F)F)c1)CO3. The second kappa shape index (κ2) is 7.59. The average molecular weight is 448 g/mol. The molecule has 4 rings (SSSR count). The topological polar surface area (TPSA) is 118 Å². The third-order valence-electron chi connectivity index (χ3n) is 5.10. The normalized spacial score (nSPS) is 15.3. The first kappa shape index (κ1) is 21.2. The van der Waals surface area contributed by atoms with Gasteiger partial charge in [-0.05, 0) is 29.8 Å². The van der Waals surface area contributed by atoms with Crippen molar-refractivity contribution in [3.63, 3.8) is 0 Å². The molecular weight excluding hydrogens is 433 g/mol. The van der Waals surface area contributed by atoms with Crippen LogP contribution < -0.4 is 15.6 Å². The number of ether oxygens (including phenoxy) is 1. The Hall–Kier alpha value is -4.02. The number of para-hydroxylation sites is 1.